The number of halogens is 3. The average molecular weight is 695 g/mol. The summed E-state index contributed by atoms with van der Waals surface area (Å²) in [6, 6.07) is 31.4. The minimum atomic E-state index is -4.67. The Morgan fingerprint density at radius 3 is 2.14 bits per heavy atom. The second kappa shape index (κ2) is 13.7. The molecule has 0 aliphatic carbocycles. The monoisotopic (exact) mass is 694 g/mol. The van der Waals surface area contributed by atoms with Gasteiger partial charge in [-0.25, -0.2) is 0 Å². The quantitative estimate of drug-likeness (QED) is 0.247. The molecule has 5 aromatic rings. The van der Waals surface area contributed by atoms with Crippen molar-refractivity contribution in [1.82, 2.24) is 14.4 Å². The normalized spacial score (nSPS) is 15.7. The summed E-state index contributed by atoms with van der Waals surface area (Å²) < 4.78 is 53.2. The molecule has 2 aliphatic heterocycles. The molecule has 0 atom stereocenters. The van der Waals surface area contributed by atoms with Gasteiger partial charge in [-0.3, -0.25) is 19.1 Å². The number of amides is 1. The Kier molecular flexibility index (Phi) is 9.01. The van der Waals surface area contributed by atoms with Crippen LogP contribution < -0.4 is 24.2 Å². The van der Waals surface area contributed by atoms with Gasteiger partial charge in [0.15, 0.2) is 17.1 Å². The molecule has 2 aliphatic rings. The van der Waals surface area contributed by atoms with Crippen LogP contribution in [0.15, 0.2) is 108 Å². The van der Waals surface area contributed by atoms with Crippen LogP contribution in [-0.4, -0.2) is 53.2 Å². The van der Waals surface area contributed by atoms with Crippen molar-refractivity contribution in [2.45, 2.75) is 12.2 Å². The molecule has 12 heteroatoms. The molecule has 0 saturated carbocycles. The summed E-state index contributed by atoms with van der Waals surface area (Å²) in [5.74, 6) is 0.425. The van der Waals surface area contributed by atoms with Crippen molar-refractivity contribution < 1.29 is 27.4 Å². The molecule has 0 unspecified atom stereocenters. The van der Waals surface area contributed by atoms with Crippen molar-refractivity contribution in [3.63, 3.8) is 0 Å². The van der Waals surface area contributed by atoms with Gasteiger partial charge in [-0.15, -0.1) is 11.3 Å². The lowest BCUT2D eigenvalue weighted by molar-refractivity contribution is -0.137. The third-order valence-electron chi connectivity index (χ3n) is 8.69. The minimum Gasteiger partial charge on any atom is -0.454 e. The Balaban J connectivity index is 1.27. The third-order valence-corrected chi connectivity index (χ3v) is 9.78. The molecule has 252 valence electrons. The summed E-state index contributed by atoms with van der Waals surface area (Å²) in [5, 5.41) is 10.4. The molecule has 4 aromatic carbocycles. The Morgan fingerprint density at radius 1 is 0.840 bits per heavy atom. The van der Waals surface area contributed by atoms with E-state index >= 15 is 0 Å². The van der Waals surface area contributed by atoms with E-state index in [4.69, 9.17) is 9.47 Å². The van der Waals surface area contributed by atoms with Crippen LogP contribution in [0.2, 0.25) is 0 Å². The van der Waals surface area contributed by atoms with E-state index in [0.717, 1.165) is 39.2 Å². The maximum atomic E-state index is 14.1. The van der Waals surface area contributed by atoms with Crippen molar-refractivity contribution in [3.8, 4) is 23.3 Å². The molecular weight excluding hydrogens is 666 g/mol. The summed E-state index contributed by atoms with van der Waals surface area (Å²) in [6.07, 6.45) is -3.13. The van der Waals surface area contributed by atoms with Gasteiger partial charge in [0.25, 0.3) is 11.5 Å². The number of hydrogen-bond donors (Lipinski definition) is 0. The second-order valence-corrected chi connectivity index (χ2v) is 12.8. The number of benzene rings is 4. The van der Waals surface area contributed by atoms with Gasteiger partial charge >= 0.3 is 6.18 Å². The lowest BCUT2D eigenvalue weighted by atomic mass is 9.96. The van der Waals surface area contributed by atoms with Gasteiger partial charge in [0.05, 0.1) is 21.8 Å². The number of thiazole rings is 1. The summed E-state index contributed by atoms with van der Waals surface area (Å²) in [4.78, 5) is 31.9. The molecule has 0 N–H and O–H groups in total. The predicted molar refractivity (Wildman–Crippen MR) is 182 cm³/mol. The maximum absolute atomic E-state index is 14.1. The summed E-state index contributed by atoms with van der Waals surface area (Å²) in [7, 11) is 0. The number of piperazine rings is 1. The zero-order chi connectivity index (χ0) is 34.8. The number of alkyl halides is 3. The van der Waals surface area contributed by atoms with Crippen molar-refractivity contribution in [1.29, 1.82) is 5.26 Å². The Bertz CT molecular complexity index is 2230. The Hall–Kier alpha value is -5.64. The molecule has 8 nitrogen and oxygen atoms in total. The topological polar surface area (TPSA) is 87.8 Å². The number of fused-ring (bicyclic) bond motifs is 1. The van der Waals surface area contributed by atoms with Gasteiger partial charge in [-0.05, 0) is 53.1 Å². The fourth-order valence-electron chi connectivity index (χ4n) is 6.27. The maximum Gasteiger partial charge on any atom is 0.416 e. The van der Waals surface area contributed by atoms with E-state index in [0.29, 0.717) is 43.2 Å². The van der Waals surface area contributed by atoms with E-state index in [1.165, 1.54) is 12.1 Å². The van der Waals surface area contributed by atoms with Crippen molar-refractivity contribution in [2.75, 3.05) is 33.0 Å². The summed E-state index contributed by atoms with van der Waals surface area (Å²) >= 11 is 0.872. The van der Waals surface area contributed by atoms with Crippen LogP contribution in [0.4, 0.5) is 13.2 Å². The van der Waals surface area contributed by atoms with Gasteiger partial charge in [-0.2, -0.15) is 18.4 Å². The van der Waals surface area contributed by atoms with E-state index in [9.17, 15) is 28.0 Å². The zero-order valence-electron chi connectivity index (χ0n) is 26.5. The summed E-state index contributed by atoms with van der Waals surface area (Å²) in [5.41, 5.74) is 0.720. The largest absolute Gasteiger partial charge is 0.454 e. The van der Waals surface area contributed by atoms with Crippen LogP contribution >= 0.6 is 11.3 Å². The average Bonchev–Trinajstić information content (AvgIpc) is 3.73. The van der Waals surface area contributed by atoms with E-state index in [2.05, 4.69) is 29.2 Å². The van der Waals surface area contributed by atoms with Crippen LogP contribution in [0, 0.1) is 11.3 Å². The van der Waals surface area contributed by atoms with Crippen LogP contribution in [0.25, 0.3) is 17.3 Å². The fourth-order valence-corrected chi connectivity index (χ4v) is 7.37. The highest BCUT2D eigenvalue weighted by Crippen LogP contribution is 2.33. The van der Waals surface area contributed by atoms with Crippen LogP contribution in [-0.2, 0) is 11.0 Å². The Labute approximate surface area is 288 Å². The molecule has 1 saturated heterocycles. The fraction of sp³-hybridized carbons (Fsp3) is 0.184. The highest BCUT2D eigenvalue weighted by molar-refractivity contribution is 7.07. The highest BCUT2D eigenvalue weighted by atomic mass is 32.1. The van der Waals surface area contributed by atoms with E-state index < -0.39 is 23.2 Å². The lowest BCUT2D eigenvalue weighted by Crippen LogP contribution is -2.50. The standard InChI is InChI=1S/C38H29F3N4O4S/c39-38(40,41)28-12-7-13-29(22-28)45-36(47)33(21-25-14-15-31-32(20-25)49-24-48-31)50-37(45)30(23-42)35(46)44-18-16-43(17-19-44)34(26-8-3-1-4-9-26)27-10-5-2-6-11-27/h1-15,20-22,34H,16-19,24H2/b33-21+,37-30-. The predicted octanol–water partition coefficient (Wildman–Crippen LogP) is 5.08. The number of carbonyl (C=O) groups is 1. The molecule has 3 heterocycles. The molecule has 50 heavy (non-hydrogen) atoms. The van der Waals surface area contributed by atoms with Gasteiger partial charge in [-0.1, -0.05) is 72.8 Å². The lowest BCUT2D eigenvalue weighted by Gasteiger charge is -2.39. The number of nitriles is 1. The van der Waals surface area contributed by atoms with Crippen molar-refractivity contribution in [2.24, 2.45) is 0 Å². The molecular formula is C38H29F3N4O4S. The van der Waals surface area contributed by atoms with Gasteiger partial charge < -0.3 is 14.4 Å². The molecule has 0 bridgehead atoms. The van der Waals surface area contributed by atoms with Crippen LogP contribution in [0.3, 0.4) is 0 Å². The molecule has 7 rings (SSSR count). The first-order valence-electron chi connectivity index (χ1n) is 15.8. The number of nitrogens with zero attached hydrogens (tertiary/aromatic N) is 4. The molecule has 0 spiro atoms. The highest BCUT2D eigenvalue weighted by Gasteiger charge is 2.32. The first-order valence-corrected chi connectivity index (χ1v) is 16.6. The zero-order valence-corrected chi connectivity index (χ0v) is 27.3. The van der Waals surface area contributed by atoms with Crippen molar-refractivity contribution in [3.05, 3.63) is 145 Å². The molecule has 1 amide bonds. The second-order valence-electron chi connectivity index (χ2n) is 11.8. The Morgan fingerprint density at radius 2 is 1.50 bits per heavy atom. The number of carbonyl (C=O) groups excluding carboxylic acids is 1. The minimum absolute atomic E-state index is 0.0493. The molecule has 0 radical (unpaired) electrons. The smallest absolute Gasteiger partial charge is 0.416 e. The first kappa shape index (κ1) is 32.9. The van der Waals surface area contributed by atoms with Gasteiger partial charge in [0.2, 0.25) is 6.79 Å². The first-order chi connectivity index (χ1) is 24.2. The van der Waals surface area contributed by atoms with E-state index in [1.807, 2.05) is 42.5 Å². The third kappa shape index (κ3) is 6.53. The molecule has 1 fully saturated rings. The van der Waals surface area contributed by atoms with Crippen LogP contribution in [0.5, 0.6) is 11.5 Å². The van der Waals surface area contributed by atoms with E-state index in [-0.39, 0.29) is 33.3 Å². The number of ether oxygens (including phenoxy) is 2. The SMILES string of the molecule is N#C/C(C(=O)N1CCN(C(c2ccccc2)c2ccccc2)CC1)=c1/s/c(=C/c2ccc3c(c2)OCO3)c(=O)n1-c1cccc(C(F)(F)F)c1. The van der Waals surface area contributed by atoms with E-state index in [1.54, 1.807) is 29.2 Å². The number of hydrogen-bond acceptors (Lipinski definition) is 7. The number of rotatable bonds is 6. The number of aromatic nitrogens is 1. The molecule has 1 aromatic heterocycles. The van der Waals surface area contributed by atoms with Gasteiger partial charge in [0.1, 0.15) is 10.7 Å². The van der Waals surface area contributed by atoms with Crippen molar-refractivity contribution >= 4 is 28.9 Å². The van der Waals surface area contributed by atoms with Gasteiger partial charge in [0, 0.05) is 26.2 Å². The summed E-state index contributed by atoms with van der Waals surface area (Å²) in [6.45, 7) is 1.67. The van der Waals surface area contributed by atoms with Crippen LogP contribution in [0.1, 0.15) is 28.3 Å².